The molecule has 2 heterocycles. The summed E-state index contributed by atoms with van der Waals surface area (Å²) in [6, 6.07) is 13.9. The number of amides is 1. The van der Waals surface area contributed by atoms with E-state index in [0.29, 0.717) is 32.1 Å². The second kappa shape index (κ2) is 8.70. The van der Waals surface area contributed by atoms with Crippen LogP contribution in [0, 0.1) is 0 Å². The molecule has 1 amide bonds. The summed E-state index contributed by atoms with van der Waals surface area (Å²) >= 11 is 18.7. The third-order valence-electron chi connectivity index (χ3n) is 4.93. The summed E-state index contributed by atoms with van der Waals surface area (Å²) < 4.78 is 5.69. The second-order valence-corrected chi connectivity index (χ2v) is 8.21. The maximum absolute atomic E-state index is 12.6. The van der Waals surface area contributed by atoms with E-state index in [4.69, 9.17) is 39.2 Å². The number of carbonyl (C=O) groups is 1. The number of carbonyl (C=O) groups excluding carboxylic acids is 1. The minimum atomic E-state index is -0.365. The first-order chi connectivity index (χ1) is 14.0. The molecular weight excluding hydrogens is 431 g/mol. The lowest BCUT2D eigenvalue weighted by molar-refractivity contribution is 0.0997. The minimum absolute atomic E-state index is 0.173. The highest BCUT2D eigenvalue weighted by Gasteiger charge is 2.17. The Hall–Kier alpha value is -2.14. The Bertz CT molecular complexity index is 1040. The van der Waals surface area contributed by atoms with Crippen LogP contribution in [0.1, 0.15) is 29.8 Å². The van der Waals surface area contributed by atoms with Gasteiger partial charge in [-0.25, -0.2) is 0 Å². The van der Waals surface area contributed by atoms with Crippen LogP contribution in [0.2, 0.25) is 15.1 Å². The maximum atomic E-state index is 12.6. The lowest BCUT2D eigenvalue weighted by Crippen LogP contribution is -2.29. The van der Waals surface area contributed by atoms with Crippen molar-refractivity contribution in [1.82, 2.24) is 0 Å². The Labute approximate surface area is 184 Å². The molecule has 0 radical (unpaired) electrons. The molecule has 0 spiro atoms. The molecule has 3 aromatic rings. The second-order valence-electron chi connectivity index (χ2n) is 6.96. The van der Waals surface area contributed by atoms with E-state index >= 15 is 0 Å². The highest BCUT2D eigenvalue weighted by molar-refractivity contribution is 6.35. The van der Waals surface area contributed by atoms with Gasteiger partial charge in [-0.3, -0.25) is 4.79 Å². The first-order valence-electron chi connectivity index (χ1n) is 9.42. The van der Waals surface area contributed by atoms with E-state index in [1.165, 1.54) is 19.3 Å². The van der Waals surface area contributed by atoms with Crippen molar-refractivity contribution < 1.29 is 9.21 Å². The Morgan fingerprint density at radius 1 is 0.897 bits per heavy atom. The van der Waals surface area contributed by atoms with E-state index in [9.17, 15) is 4.79 Å². The van der Waals surface area contributed by atoms with Crippen LogP contribution < -0.4 is 10.2 Å². The van der Waals surface area contributed by atoms with E-state index in [2.05, 4.69) is 10.2 Å². The number of hydrogen-bond acceptors (Lipinski definition) is 3. The largest absolute Gasteiger partial charge is 0.451 e. The van der Waals surface area contributed by atoms with E-state index in [0.717, 1.165) is 18.8 Å². The number of hydrogen-bond donors (Lipinski definition) is 1. The van der Waals surface area contributed by atoms with Gasteiger partial charge in [0.25, 0.3) is 5.91 Å². The fourth-order valence-corrected chi connectivity index (χ4v) is 4.14. The number of halogens is 3. The quantitative estimate of drug-likeness (QED) is 0.460. The molecule has 1 saturated heterocycles. The van der Waals surface area contributed by atoms with Crippen LogP contribution in [-0.2, 0) is 0 Å². The average Bonchev–Trinajstić information content (AvgIpc) is 3.21. The first kappa shape index (κ1) is 20.1. The maximum Gasteiger partial charge on any atom is 0.291 e. The van der Waals surface area contributed by atoms with Gasteiger partial charge in [-0.2, -0.15) is 0 Å². The number of nitrogens with zero attached hydrogens (tertiary/aromatic N) is 1. The van der Waals surface area contributed by atoms with Crippen LogP contribution in [0.15, 0.2) is 52.9 Å². The zero-order valence-corrected chi connectivity index (χ0v) is 17.8. The molecule has 4 nitrogen and oxygen atoms in total. The number of furan rings is 1. The standard InChI is InChI=1S/C22H19Cl3N2O2/c23-14-4-6-17(24)16(12-14)20-8-9-21(29-20)22(28)26-15-5-7-19(18(25)13-15)27-10-2-1-3-11-27/h4-9,12-13H,1-3,10-11H2,(H,26,28). The van der Waals surface area contributed by atoms with E-state index < -0.39 is 0 Å². The highest BCUT2D eigenvalue weighted by Crippen LogP contribution is 2.33. The van der Waals surface area contributed by atoms with Crippen molar-refractivity contribution in [3.05, 3.63) is 69.4 Å². The zero-order chi connectivity index (χ0) is 20.4. The van der Waals surface area contributed by atoms with Gasteiger partial charge in [0.15, 0.2) is 5.76 Å². The first-order valence-corrected chi connectivity index (χ1v) is 10.6. The summed E-state index contributed by atoms with van der Waals surface area (Å²) in [5, 5.41) is 4.48. The zero-order valence-electron chi connectivity index (χ0n) is 15.6. The van der Waals surface area contributed by atoms with Gasteiger partial charge in [0.1, 0.15) is 5.76 Å². The Balaban J connectivity index is 1.49. The summed E-state index contributed by atoms with van der Waals surface area (Å²) in [5.41, 5.74) is 2.24. The monoisotopic (exact) mass is 448 g/mol. The van der Waals surface area contributed by atoms with E-state index in [1.54, 1.807) is 36.4 Å². The number of anilines is 2. The molecule has 29 heavy (non-hydrogen) atoms. The normalized spacial score (nSPS) is 14.1. The van der Waals surface area contributed by atoms with E-state index in [1.807, 2.05) is 12.1 Å². The van der Waals surface area contributed by atoms with Crippen LogP contribution in [0.4, 0.5) is 11.4 Å². The topological polar surface area (TPSA) is 45.5 Å². The highest BCUT2D eigenvalue weighted by atomic mass is 35.5. The minimum Gasteiger partial charge on any atom is -0.451 e. The molecule has 0 aliphatic carbocycles. The van der Waals surface area contributed by atoms with Gasteiger partial charge in [0, 0.05) is 29.4 Å². The van der Waals surface area contributed by atoms with Gasteiger partial charge in [0.05, 0.1) is 15.7 Å². The molecule has 7 heteroatoms. The number of benzene rings is 2. The molecule has 1 aliphatic rings. The van der Waals surface area contributed by atoms with Crippen molar-refractivity contribution in [2.24, 2.45) is 0 Å². The number of rotatable bonds is 4. The SMILES string of the molecule is O=C(Nc1ccc(N2CCCCC2)c(Cl)c1)c1ccc(-c2cc(Cl)ccc2Cl)o1. The van der Waals surface area contributed by atoms with Gasteiger partial charge < -0.3 is 14.6 Å². The van der Waals surface area contributed by atoms with Crippen molar-refractivity contribution in [2.45, 2.75) is 19.3 Å². The van der Waals surface area contributed by atoms with Crippen molar-refractivity contribution in [2.75, 3.05) is 23.3 Å². The van der Waals surface area contributed by atoms with Crippen molar-refractivity contribution in [3.8, 4) is 11.3 Å². The molecule has 4 rings (SSSR count). The molecule has 1 fully saturated rings. The molecule has 1 aromatic heterocycles. The third-order valence-corrected chi connectivity index (χ3v) is 5.79. The summed E-state index contributed by atoms with van der Waals surface area (Å²) in [6.45, 7) is 2.01. The lowest BCUT2D eigenvalue weighted by atomic mass is 10.1. The van der Waals surface area contributed by atoms with Gasteiger partial charge in [-0.05, 0) is 67.8 Å². The number of nitrogens with one attached hydrogen (secondary N) is 1. The van der Waals surface area contributed by atoms with Gasteiger partial charge in [-0.15, -0.1) is 0 Å². The predicted octanol–water partition coefficient (Wildman–Crippen LogP) is 7.15. The van der Waals surface area contributed by atoms with E-state index in [-0.39, 0.29) is 11.7 Å². The van der Waals surface area contributed by atoms with Crippen LogP contribution in [0.25, 0.3) is 11.3 Å². The fourth-order valence-electron chi connectivity index (χ4n) is 3.46. The fraction of sp³-hybridized carbons (Fsp3) is 0.227. The van der Waals surface area contributed by atoms with Crippen molar-refractivity contribution >= 4 is 52.1 Å². The van der Waals surface area contributed by atoms with Crippen LogP contribution in [0.5, 0.6) is 0 Å². The van der Waals surface area contributed by atoms with Gasteiger partial charge >= 0.3 is 0 Å². The molecule has 0 saturated carbocycles. The number of piperidine rings is 1. The Kier molecular flexibility index (Phi) is 6.04. The molecule has 1 N–H and O–H groups in total. The molecule has 2 aromatic carbocycles. The molecule has 0 bridgehead atoms. The van der Waals surface area contributed by atoms with Crippen LogP contribution >= 0.6 is 34.8 Å². The molecular formula is C22H19Cl3N2O2. The Morgan fingerprint density at radius 3 is 2.45 bits per heavy atom. The van der Waals surface area contributed by atoms with Crippen molar-refractivity contribution in [1.29, 1.82) is 0 Å². The molecule has 150 valence electrons. The van der Waals surface area contributed by atoms with Crippen molar-refractivity contribution in [3.63, 3.8) is 0 Å². The summed E-state index contributed by atoms with van der Waals surface area (Å²) in [4.78, 5) is 14.9. The Morgan fingerprint density at radius 2 is 1.69 bits per heavy atom. The van der Waals surface area contributed by atoms with Gasteiger partial charge in [0.2, 0.25) is 0 Å². The molecule has 0 unspecified atom stereocenters. The predicted molar refractivity (Wildman–Crippen MR) is 120 cm³/mol. The van der Waals surface area contributed by atoms with Crippen LogP contribution in [0.3, 0.4) is 0 Å². The van der Waals surface area contributed by atoms with Gasteiger partial charge in [-0.1, -0.05) is 34.8 Å². The average molecular weight is 450 g/mol. The lowest BCUT2D eigenvalue weighted by Gasteiger charge is -2.29. The molecule has 1 aliphatic heterocycles. The summed E-state index contributed by atoms with van der Waals surface area (Å²) in [5.74, 6) is 0.282. The van der Waals surface area contributed by atoms with Crippen LogP contribution in [-0.4, -0.2) is 19.0 Å². The summed E-state index contributed by atoms with van der Waals surface area (Å²) in [6.07, 6.45) is 3.60. The third kappa shape index (κ3) is 4.55. The molecule has 0 atom stereocenters. The smallest absolute Gasteiger partial charge is 0.291 e. The summed E-state index contributed by atoms with van der Waals surface area (Å²) in [7, 11) is 0.